The third-order valence-corrected chi connectivity index (χ3v) is 6.83. The molecule has 6 nitrogen and oxygen atoms in total. The zero-order valence-electron chi connectivity index (χ0n) is 13.7. The normalized spacial score (nSPS) is 25.9. The van der Waals surface area contributed by atoms with Crippen molar-refractivity contribution in [2.75, 3.05) is 18.6 Å². The second kappa shape index (κ2) is 5.79. The van der Waals surface area contributed by atoms with Crippen LogP contribution in [0.4, 0.5) is 5.69 Å². The van der Waals surface area contributed by atoms with Gasteiger partial charge in [0, 0.05) is 19.1 Å². The average molecular weight is 338 g/mol. The van der Waals surface area contributed by atoms with Gasteiger partial charge in [0.25, 0.3) is 5.91 Å². The molecule has 1 fully saturated rings. The van der Waals surface area contributed by atoms with Crippen LogP contribution in [0.1, 0.15) is 33.1 Å². The smallest absolute Gasteiger partial charge is 0.264 e. The van der Waals surface area contributed by atoms with E-state index in [2.05, 4.69) is 0 Å². The fourth-order valence-corrected chi connectivity index (χ4v) is 5.31. The van der Waals surface area contributed by atoms with Crippen molar-refractivity contribution in [2.24, 2.45) is 0 Å². The Kier molecular flexibility index (Phi) is 4.10. The third kappa shape index (κ3) is 2.72. The number of piperidine rings is 1. The number of anilines is 1. The van der Waals surface area contributed by atoms with Crippen LogP contribution in [0.15, 0.2) is 23.1 Å². The molecule has 2 aliphatic rings. The Morgan fingerprint density at radius 1 is 1.17 bits per heavy atom. The third-order valence-electron chi connectivity index (χ3n) is 4.71. The Morgan fingerprint density at radius 3 is 2.48 bits per heavy atom. The molecule has 2 atom stereocenters. The summed E-state index contributed by atoms with van der Waals surface area (Å²) in [5.41, 5.74) is 0.500. The molecule has 0 spiro atoms. The van der Waals surface area contributed by atoms with Crippen LogP contribution in [0.3, 0.4) is 0 Å². The molecule has 1 aromatic rings. The summed E-state index contributed by atoms with van der Waals surface area (Å²) in [5, 5.41) is 0. The number of hydrogen-bond acceptors (Lipinski definition) is 4. The molecule has 7 heteroatoms. The molecule has 0 bridgehead atoms. The Morgan fingerprint density at radius 2 is 1.83 bits per heavy atom. The van der Waals surface area contributed by atoms with Gasteiger partial charge in [-0.25, -0.2) is 8.42 Å². The average Bonchev–Trinajstić information content (AvgIpc) is 2.50. The van der Waals surface area contributed by atoms with E-state index in [4.69, 9.17) is 4.74 Å². The molecule has 126 valence electrons. The topological polar surface area (TPSA) is 66.9 Å². The largest absolute Gasteiger partial charge is 0.482 e. The fraction of sp³-hybridized carbons (Fsp3) is 0.562. The monoisotopic (exact) mass is 338 g/mol. The zero-order chi connectivity index (χ0) is 16.8. The fourth-order valence-electron chi connectivity index (χ4n) is 3.41. The van der Waals surface area contributed by atoms with Crippen LogP contribution in [0.5, 0.6) is 5.75 Å². The SMILES string of the molecule is CC1CCCC(C)N1S(=O)(=O)c1ccc2c(c1)N(C)C(=O)CO2. The van der Waals surface area contributed by atoms with Crippen LogP contribution in [-0.2, 0) is 14.8 Å². The van der Waals surface area contributed by atoms with Crippen LogP contribution >= 0.6 is 0 Å². The summed E-state index contributed by atoms with van der Waals surface area (Å²) in [6.45, 7) is 3.88. The summed E-state index contributed by atoms with van der Waals surface area (Å²) in [4.78, 5) is 13.4. The molecule has 0 saturated carbocycles. The molecule has 2 unspecified atom stereocenters. The number of rotatable bonds is 2. The molecule has 3 rings (SSSR count). The van der Waals surface area contributed by atoms with Crippen molar-refractivity contribution in [3.63, 3.8) is 0 Å². The summed E-state index contributed by atoms with van der Waals surface area (Å²) in [6.07, 6.45) is 2.79. The highest BCUT2D eigenvalue weighted by Crippen LogP contribution is 2.36. The molecule has 2 heterocycles. The lowest BCUT2D eigenvalue weighted by atomic mass is 10.0. The molecular weight excluding hydrogens is 316 g/mol. The van der Waals surface area contributed by atoms with Crippen LogP contribution in [0, 0.1) is 0 Å². The summed E-state index contributed by atoms with van der Waals surface area (Å²) >= 11 is 0. The summed E-state index contributed by atoms with van der Waals surface area (Å²) < 4.78 is 33.1. The maximum absolute atomic E-state index is 13.1. The maximum Gasteiger partial charge on any atom is 0.264 e. The standard InChI is InChI=1S/C16H22N2O4S/c1-11-5-4-6-12(2)18(11)23(20,21)13-7-8-15-14(9-13)17(3)16(19)10-22-15/h7-9,11-12H,4-6,10H2,1-3H3. The minimum Gasteiger partial charge on any atom is -0.482 e. The molecule has 0 radical (unpaired) electrons. The van der Waals surface area contributed by atoms with Crippen molar-refractivity contribution >= 4 is 21.6 Å². The highest BCUT2D eigenvalue weighted by atomic mass is 32.2. The van der Waals surface area contributed by atoms with Gasteiger partial charge in [0.2, 0.25) is 10.0 Å². The van der Waals surface area contributed by atoms with Gasteiger partial charge < -0.3 is 9.64 Å². The van der Waals surface area contributed by atoms with E-state index in [1.165, 1.54) is 11.0 Å². The number of benzene rings is 1. The van der Waals surface area contributed by atoms with E-state index in [9.17, 15) is 13.2 Å². The van der Waals surface area contributed by atoms with Crippen LogP contribution in [0.2, 0.25) is 0 Å². The number of carbonyl (C=O) groups is 1. The number of ether oxygens (including phenoxy) is 1. The predicted molar refractivity (Wildman–Crippen MR) is 87.1 cm³/mol. The van der Waals surface area contributed by atoms with Crippen molar-refractivity contribution in [3.8, 4) is 5.75 Å². The number of amides is 1. The second-order valence-electron chi connectivity index (χ2n) is 6.33. The first-order valence-electron chi connectivity index (χ1n) is 7.89. The molecule has 1 amide bonds. The highest BCUT2D eigenvalue weighted by Gasteiger charge is 2.36. The molecular formula is C16H22N2O4S. The van der Waals surface area contributed by atoms with E-state index in [0.717, 1.165) is 19.3 Å². The van der Waals surface area contributed by atoms with Gasteiger partial charge in [-0.15, -0.1) is 0 Å². The minimum atomic E-state index is -3.59. The quantitative estimate of drug-likeness (QED) is 0.827. The Bertz CT molecular complexity index is 722. The Labute approximate surface area is 137 Å². The molecule has 0 N–H and O–H groups in total. The van der Waals surface area contributed by atoms with Crippen molar-refractivity contribution in [1.29, 1.82) is 0 Å². The van der Waals surface area contributed by atoms with E-state index < -0.39 is 10.0 Å². The van der Waals surface area contributed by atoms with Gasteiger partial charge in [-0.1, -0.05) is 6.42 Å². The molecule has 2 aliphatic heterocycles. The summed E-state index contributed by atoms with van der Waals surface area (Å²) in [7, 11) is -1.96. The predicted octanol–water partition coefficient (Wildman–Crippen LogP) is 1.99. The maximum atomic E-state index is 13.1. The number of hydrogen-bond donors (Lipinski definition) is 0. The molecule has 0 aliphatic carbocycles. The van der Waals surface area contributed by atoms with Crippen LogP contribution in [-0.4, -0.2) is 44.4 Å². The summed E-state index contributed by atoms with van der Waals surface area (Å²) in [5.74, 6) is 0.345. The van der Waals surface area contributed by atoms with Gasteiger partial charge in [-0.2, -0.15) is 4.31 Å². The molecule has 23 heavy (non-hydrogen) atoms. The van der Waals surface area contributed by atoms with Gasteiger partial charge in [0.1, 0.15) is 5.75 Å². The zero-order valence-corrected chi connectivity index (χ0v) is 14.5. The number of nitrogens with zero attached hydrogens (tertiary/aromatic N) is 2. The van der Waals surface area contributed by atoms with E-state index in [-0.39, 0.29) is 29.5 Å². The number of fused-ring (bicyclic) bond motifs is 1. The molecule has 1 aromatic carbocycles. The van der Waals surface area contributed by atoms with Gasteiger partial charge in [0.15, 0.2) is 6.61 Å². The van der Waals surface area contributed by atoms with E-state index in [1.807, 2.05) is 13.8 Å². The van der Waals surface area contributed by atoms with Crippen molar-refractivity contribution < 1.29 is 17.9 Å². The summed E-state index contributed by atoms with van der Waals surface area (Å²) in [6, 6.07) is 4.69. The van der Waals surface area contributed by atoms with Crippen molar-refractivity contribution in [3.05, 3.63) is 18.2 Å². The number of carbonyl (C=O) groups excluding carboxylic acids is 1. The van der Waals surface area contributed by atoms with Gasteiger partial charge in [-0.05, 0) is 44.9 Å². The molecule has 0 aromatic heterocycles. The van der Waals surface area contributed by atoms with Crippen LogP contribution in [0.25, 0.3) is 0 Å². The van der Waals surface area contributed by atoms with Gasteiger partial charge in [0.05, 0.1) is 10.6 Å². The second-order valence-corrected chi connectivity index (χ2v) is 8.18. The first kappa shape index (κ1) is 16.3. The minimum absolute atomic E-state index is 0.0181. The Balaban J connectivity index is 2.02. The Hall–Kier alpha value is -1.60. The van der Waals surface area contributed by atoms with Crippen LogP contribution < -0.4 is 9.64 Å². The van der Waals surface area contributed by atoms with E-state index >= 15 is 0 Å². The number of likely N-dealkylation sites (N-methyl/N-ethyl adjacent to an activating group) is 1. The first-order chi connectivity index (χ1) is 10.8. The van der Waals surface area contributed by atoms with Gasteiger partial charge in [-0.3, -0.25) is 4.79 Å². The van der Waals surface area contributed by atoms with Crippen molar-refractivity contribution in [2.45, 2.75) is 50.1 Å². The van der Waals surface area contributed by atoms with E-state index in [0.29, 0.717) is 11.4 Å². The molecule has 1 saturated heterocycles. The lowest BCUT2D eigenvalue weighted by Gasteiger charge is -2.38. The first-order valence-corrected chi connectivity index (χ1v) is 9.33. The van der Waals surface area contributed by atoms with Gasteiger partial charge >= 0.3 is 0 Å². The highest BCUT2D eigenvalue weighted by molar-refractivity contribution is 7.89. The number of sulfonamides is 1. The van der Waals surface area contributed by atoms with E-state index in [1.54, 1.807) is 23.5 Å². The van der Waals surface area contributed by atoms with Crippen molar-refractivity contribution in [1.82, 2.24) is 4.31 Å². The lowest BCUT2D eigenvalue weighted by molar-refractivity contribution is -0.120. The lowest BCUT2D eigenvalue weighted by Crippen LogP contribution is -2.47.